The van der Waals surface area contributed by atoms with Crippen molar-refractivity contribution in [2.75, 3.05) is 40.2 Å². The third-order valence-electron chi connectivity index (χ3n) is 4.36. The van der Waals surface area contributed by atoms with Crippen LogP contribution in [0.25, 0.3) is 11.3 Å². The topological polar surface area (TPSA) is 59.5 Å². The standard InChI is InChI=1S/C21H32N4O2/c1-7-8-9-12-22-20-21(27-6)24-19(15(2)23-20)18-11-10-17(26-5)13-16(18)14-25(3)4/h10-11,13H,7-9,12,14H2,1-6H3,(H,22,23). The number of hydrogen-bond acceptors (Lipinski definition) is 6. The fourth-order valence-corrected chi connectivity index (χ4v) is 3.00. The summed E-state index contributed by atoms with van der Waals surface area (Å²) in [6.45, 7) is 5.83. The van der Waals surface area contributed by atoms with E-state index >= 15 is 0 Å². The molecule has 148 valence electrons. The van der Waals surface area contributed by atoms with E-state index in [-0.39, 0.29) is 0 Å². The number of nitrogens with zero attached hydrogens (tertiary/aromatic N) is 3. The van der Waals surface area contributed by atoms with Gasteiger partial charge in [0.2, 0.25) is 0 Å². The van der Waals surface area contributed by atoms with Crippen LogP contribution in [0.4, 0.5) is 5.82 Å². The highest BCUT2D eigenvalue weighted by atomic mass is 16.5. The molecule has 0 amide bonds. The van der Waals surface area contributed by atoms with Crippen molar-refractivity contribution < 1.29 is 9.47 Å². The Balaban J connectivity index is 2.40. The van der Waals surface area contributed by atoms with Crippen molar-refractivity contribution in [3.63, 3.8) is 0 Å². The van der Waals surface area contributed by atoms with E-state index in [4.69, 9.17) is 19.4 Å². The van der Waals surface area contributed by atoms with Crippen LogP contribution in [0.3, 0.4) is 0 Å². The number of anilines is 1. The van der Waals surface area contributed by atoms with Crippen molar-refractivity contribution in [2.45, 2.75) is 39.7 Å². The molecular formula is C21H32N4O2. The zero-order chi connectivity index (χ0) is 19.8. The lowest BCUT2D eigenvalue weighted by molar-refractivity contribution is 0.394. The normalized spacial score (nSPS) is 10.9. The van der Waals surface area contributed by atoms with E-state index in [1.807, 2.05) is 33.2 Å². The van der Waals surface area contributed by atoms with Crippen LogP contribution in [-0.4, -0.2) is 49.7 Å². The smallest absolute Gasteiger partial charge is 0.257 e. The van der Waals surface area contributed by atoms with Gasteiger partial charge in [-0.15, -0.1) is 0 Å². The molecule has 1 aromatic carbocycles. The van der Waals surface area contributed by atoms with E-state index in [1.165, 1.54) is 12.8 Å². The summed E-state index contributed by atoms with van der Waals surface area (Å²) in [6, 6.07) is 6.06. The summed E-state index contributed by atoms with van der Waals surface area (Å²) < 4.78 is 10.9. The van der Waals surface area contributed by atoms with Gasteiger partial charge in [-0.1, -0.05) is 19.8 Å². The van der Waals surface area contributed by atoms with E-state index in [0.717, 1.165) is 47.8 Å². The first-order valence-corrected chi connectivity index (χ1v) is 9.48. The van der Waals surface area contributed by atoms with Gasteiger partial charge in [0.05, 0.1) is 25.6 Å². The maximum atomic E-state index is 5.51. The molecule has 1 aromatic heterocycles. The van der Waals surface area contributed by atoms with Gasteiger partial charge in [0.25, 0.3) is 5.88 Å². The highest BCUT2D eigenvalue weighted by Crippen LogP contribution is 2.32. The number of ether oxygens (including phenoxy) is 2. The Morgan fingerprint density at radius 2 is 1.85 bits per heavy atom. The summed E-state index contributed by atoms with van der Waals surface area (Å²) in [5.41, 5.74) is 3.90. The van der Waals surface area contributed by atoms with Crippen LogP contribution in [0.15, 0.2) is 18.2 Å². The molecule has 0 radical (unpaired) electrons. The van der Waals surface area contributed by atoms with Gasteiger partial charge in [-0.25, -0.2) is 9.97 Å². The van der Waals surface area contributed by atoms with Crippen LogP contribution in [0.5, 0.6) is 11.6 Å². The zero-order valence-corrected chi connectivity index (χ0v) is 17.4. The zero-order valence-electron chi connectivity index (χ0n) is 17.4. The third-order valence-corrected chi connectivity index (χ3v) is 4.36. The van der Waals surface area contributed by atoms with Crippen molar-refractivity contribution in [3.05, 3.63) is 29.5 Å². The molecule has 0 aliphatic heterocycles. The Labute approximate surface area is 162 Å². The lowest BCUT2D eigenvalue weighted by Crippen LogP contribution is -2.13. The van der Waals surface area contributed by atoms with Gasteiger partial charge in [-0.2, -0.15) is 0 Å². The molecule has 0 fully saturated rings. The Morgan fingerprint density at radius 1 is 1.07 bits per heavy atom. The average molecular weight is 373 g/mol. The van der Waals surface area contributed by atoms with Crippen LogP contribution in [-0.2, 0) is 6.54 Å². The fourth-order valence-electron chi connectivity index (χ4n) is 3.00. The molecule has 1 heterocycles. The van der Waals surface area contributed by atoms with Gasteiger partial charge >= 0.3 is 0 Å². The number of unbranched alkanes of at least 4 members (excludes halogenated alkanes) is 2. The summed E-state index contributed by atoms with van der Waals surface area (Å²) >= 11 is 0. The molecule has 6 heteroatoms. The minimum absolute atomic E-state index is 0.527. The number of nitrogens with one attached hydrogen (secondary N) is 1. The molecule has 2 aromatic rings. The molecule has 0 unspecified atom stereocenters. The summed E-state index contributed by atoms with van der Waals surface area (Å²) in [5, 5.41) is 3.36. The average Bonchev–Trinajstić information content (AvgIpc) is 2.65. The Bertz CT molecular complexity index is 747. The predicted molar refractivity (Wildman–Crippen MR) is 111 cm³/mol. The van der Waals surface area contributed by atoms with E-state index < -0.39 is 0 Å². The van der Waals surface area contributed by atoms with E-state index in [2.05, 4.69) is 23.2 Å². The number of aromatic nitrogens is 2. The van der Waals surface area contributed by atoms with Crippen molar-refractivity contribution in [1.29, 1.82) is 0 Å². The monoisotopic (exact) mass is 372 g/mol. The number of aryl methyl sites for hydroxylation is 1. The van der Waals surface area contributed by atoms with Crippen LogP contribution in [0, 0.1) is 6.92 Å². The molecule has 0 saturated carbocycles. The number of hydrogen-bond donors (Lipinski definition) is 1. The molecule has 0 atom stereocenters. The first-order chi connectivity index (χ1) is 13.0. The Kier molecular flexibility index (Phi) is 7.85. The van der Waals surface area contributed by atoms with Gasteiger partial charge in [-0.3, -0.25) is 0 Å². The van der Waals surface area contributed by atoms with E-state index in [1.54, 1.807) is 14.2 Å². The minimum Gasteiger partial charge on any atom is -0.497 e. The van der Waals surface area contributed by atoms with Crippen molar-refractivity contribution in [3.8, 4) is 22.9 Å². The summed E-state index contributed by atoms with van der Waals surface area (Å²) in [5.74, 6) is 2.07. The molecule has 0 bridgehead atoms. The predicted octanol–water partition coefficient (Wildman–Crippen LogP) is 4.13. The van der Waals surface area contributed by atoms with Crippen molar-refractivity contribution >= 4 is 5.82 Å². The van der Waals surface area contributed by atoms with Gasteiger partial charge in [0, 0.05) is 18.7 Å². The molecular weight excluding hydrogens is 340 g/mol. The van der Waals surface area contributed by atoms with Crippen molar-refractivity contribution in [1.82, 2.24) is 14.9 Å². The fraction of sp³-hybridized carbons (Fsp3) is 0.524. The first kappa shape index (κ1) is 21.0. The van der Waals surface area contributed by atoms with Crippen molar-refractivity contribution in [2.24, 2.45) is 0 Å². The molecule has 0 spiro atoms. The molecule has 6 nitrogen and oxygen atoms in total. The maximum absolute atomic E-state index is 5.51. The minimum atomic E-state index is 0.527. The largest absolute Gasteiger partial charge is 0.497 e. The van der Waals surface area contributed by atoms with Crippen LogP contribution in [0.1, 0.15) is 37.4 Å². The number of benzene rings is 1. The van der Waals surface area contributed by atoms with E-state index in [9.17, 15) is 0 Å². The summed E-state index contributed by atoms with van der Waals surface area (Å²) in [4.78, 5) is 11.6. The van der Waals surface area contributed by atoms with Gasteiger partial charge < -0.3 is 19.7 Å². The second-order valence-corrected chi connectivity index (χ2v) is 6.91. The second kappa shape index (κ2) is 10.1. The quantitative estimate of drug-likeness (QED) is 0.633. The molecule has 0 saturated heterocycles. The molecule has 0 aliphatic rings. The molecule has 27 heavy (non-hydrogen) atoms. The van der Waals surface area contributed by atoms with Gasteiger partial charge in [0.1, 0.15) is 5.75 Å². The lowest BCUT2D eigenvalue weighted by Gasteiger charge is -2.18. The second-order valence-electron chi connectivity index (χ2n) is 6.91. The number of rotatable bonds is 10. The maximum Gasteiger partial charge on any atom is 0.257 e. The Morgan fingerprint density at radius 3 is 2.48 bits per heavy atom. The lowest BCUT2D eigenvalue weighted by atomic mass is 10.0. The van der Waals surface area contributed by atoms with E-state index in [0.29, 0.717) is 11.7 Å². The van der Waals surface area contributed by atoms with Gasteiger partial charge in [-0.05, 0) is 51.2 Å². The third kappa shape index (κ3) is 5.57. The van der Waals surface area contributed by atoms with Crippen LogP contribution < -0.4 is 14.8 Å². The number of methoxy groups -OCH3 is 2. The molecule has 0 aliphatic carbocycles. The highest BCUT2D eigenvalue weighted by molar-refractivity contribution is 5.69. The SMILES string of the molecule is CCCCCNc1nc(C)c(-c2ccc(OC)cc2CN(C)C)nc1OC. The first-order valence-electron chi connectivity index (χ1n) is 9.48. The van der Waals surface area contributed by atoms with Gasteiger partial charge in [0.15, 0.2) is 5.82 Å². The molecule has 2 rings (SSSR count). The summed E-state index contributed by atoms with van der Waals surface area (Å²) in [7, 11) is 7.41. The van der Waals surface area contributed by atoms with Crippen LogP contribution in [0.2, 0.25) is 0 Å². The van der Waals surface area contributed by atoms with Crippen LogP contribution >= 0.6 is 0 Å². The molecule has 1 N–H and O–H groups in total. The summed E-state index contributed by atoms with van der Waals surface area (Å²) in [6.07, 6.45) is 3.49. The highest BCUT2D eigenvalue weighted by Gasteiger charge is 2.17. The Hall–Kier alpha value is -2.34.